The van der Waals surface area contributed by atoms with Crippen LogP contribution in [0.5, 0.6) is 0 Å². The summed E-state index contributed by atoms with van der Waals surface area (Å²) < 4.78 is 0. The van der Waals surface area contributed by atoms with E-state index in [2.05, 4.69) is 15.3 Å². The second-order valence-corrected chi connectivity index (χ2v) is 8.28. The van der Waals surface area contributed by atoms with Crippen molar-refractivity contribution in [2.45, 2.75) is 39.2 Å². The van der Waals surface area contributed by atoms with Gasteiger partial charge in [0, 0.05) is 36.9 Å². The number of amides is 1. The average molecular weight is 305 g/mol. The lowest BCUT2D eigenvalue weighted by Gasteiger charge is -2.24. The molecule has 0 N–H and O–H groups in total. The van der Waals surface area contributed by atoms with Gasteiger partial charge in [-0.1, -0.05) is 0 Å². The summed E-state index contributed by atoms with van der Waals surface area (Å²) in [7, 11) is 0. The van der Waals surface area contributed by atoms with Crippen molar-refractivity contribution in [1.29, 1.82) is 0 Å². The van der Waals surface area contributed by atoms with Gasteiger partial charge in [-0.15, -0.1) is 11.3 Å². The Labute approximate surface area is 130 Å². The second-order valence-electron chi connectivity index (χ2n) is 7.21. The van der Waals surface area contributed by atoms with Crippen LogP contribution in [0.3, 0.4) is 0 Å². The normalized spacial score (nSPS) is 30.0. The van der Waals surface area contributed by atoms with Crippen molar-refractivity contribution in [3.8, 4) is 0 Å². The number of thiazole rings is 1. The maximum atomic E-state index is 12.4. The molecule has 2 saturated heterocycles. The van der Waals surface area contributed by atoms with Gasteiger partial charge in [0.2, 0.25) is 5.91 Å². The van der Waals surface area contributed by atoms with Crippen molar-refractivity contribution in [2.75, 3.05) is 26.2 Å². The molecule has 1 atom stereocenters. The highest BCUT2D eigenvalue weighted by atomic mass is 32.1. The molecule has 5 heteroatoms. The highest BCUT2D eigenvalue weighted by Gasteiger charge is 2.47. The van der Waals surface area contributed by atoms with Crippen molar-refractivity contribution in [2.24, 2.45) is 11.3 Å². The standard InChI is InChI=1S/C16H23N3OS/c1-12-17-14(9-21-12)8-19-11-16(6-15(19)20)4-5-18(10-16)7-13-2-3-13/h9,13H,2-8,10-11H2,1H3/t16-/m0/s1. The van der Waals surface area contributed by atoms with Crippen molar-refractivity contribution in [3.63, 3.8) is 0 Å². The van der Waals surface area contributed by atoms with Crippen LogP contribution in [-0.4, -0.2) is 46.9 Å². The van der Waals surface area contributed by atoms with Gasteiger partial charge in [-0.25, -0.2) is 4.98 Å². The summed E-state index contributed by atoms with van der Waals surface area (Å²) in [6.45, 7) is 7.24. The molecular weight excluding hydrogens is 282 g/mol. The van der Waals surface area contributed by atoms with E-state index in [-0.39, 0.29) is 5.41 Å². The number of hydrogen-bond donors (Lipinski definition) is 0. The average Bonchev–Trinajstić information content (AvgIpc) is 2.90. The topological polar surface area (TPSA) is 36.4 Å². The number of hydrogen-bond acceptors (Lipinski definition) is 4. The van der Waals surface area contributed by atoms with Gasteiger partial charge in [-0.3, -0.25) is 4.79 Å². The molecule has 1 aromatic heterocycles. The zero-order valence-corrected chi connectivity index (χ0v) is 13.5. The first-order valence-corrected chi connectivity index (χ1v) is 8.91. The number of aryl methyl sites for hydroxylation is 1. The van der Waals surface area contributed by atoms with E-state index in [1.165, 1.54) is 32.4 Å². The fraction of sp³-hybridized carbons (Fsp3) is 0.750. The van der Waals surface area contributed by atoms with E-state index in [0.29, 0.717) is 12.5 Å². The molecule has 1 spiro atoms. The molecule has 21 heavy (non-hydrogen) atoms. The Morgan fingerprint density at radius 2 is 2.29 bits per heavy atom. The zero-order chi connectivity index (χ0) is 14.4. The van der Waals surface area contributed by atoms with Gasteiger partial charge in [0.25, 0.3) is 0 Å². The smallest absolute Gasteiger partial charge is 0.223 e. The number of likely N-dealkylation sites (tertiary alicyclic amines) is 2. The lowest BCUT2D eigenvalue weighted by molar-refractivity contribution is -0.128. The first kappa shape index (κ1) is 13.7. The lowest BCUT2D eigenvalue weighted by Crippen LogP contribution is -2.32. The zero-order valence-electron chi connectivity index (χ0n) is 12.7. The van der Waals surface area contributed by atoms with Gasteiger partial charge in [0.15, 0.2) is 0 Å². The Balaban J connectivity index is 1.39. The van der Waals surface area contributed by atoms with Crippen LogP contribution in [0.1, 0.15) is 36.4 Å². The molecule has 3 aliphatic rings. The third-order valence-corrected chi connectivity index (χ3v) is 5.98. The molecule has 0 aromatic carbocycles. The number of rotatable bonds is 4. The maximum absolute atomic E-state index is 12.4. The maximum Gasteiger partial charge on any atom is 0.223 e. The third-order valence-electron chi connectivity index (χ3n) is 5.16. The van der Waals surface area contributed by atoms with Gasteiger partial charge < -0.3 is 9.80 Å². The number of nitrogens with zero attached hydrogens (tertiary/aromatic N) is 3. The summed E-state index contributed by atoms with van der Waals surface area (Å²) in [4.78, 5) is 21.5. The van der Waals surface area contributed by atoms with Crippen LogP contribution in [0, 0.1) is 18.3 Å². The van der Waals surface area contributed by atoms with Crippen molar-refractivity contribution in [3.05, 3.63) is 16.1 Å². The van der Waals surface area contributed by atoms with Crippen molar-refractivity contribution >= 4 is 17.2 Å². The molecule has 0 bridgehead atoms. The van der Waals surface area contributed by atoms with E-state index in [1.54, 1.807) is 11.3 Å². The molecule has 3 heterocycles. The van der Waals surface area contributed by atoms with Gasteiger partial charge in [-0.2, -0.15) is 0 Å². The van der Waals surface area contributed by atoms with Gasteiger partial charge in [0.1, 0.15) is 0 Å². The lowest BCUT2D eigenvalue weighted by atomic mass is 9.86. The molecule has 114 valence electrons. The molecule has 1 aromatic rings. The predicted molar refractivity (Wildman–Crippen MR) is 83.1 cm³/mol. The SMILES string of the molecule is Cc1nc(CN2C[C@@]3(CCN(CC4CC4)C3)CC2=O)cs1. The Bertz CT molecular complexity index is 553. The molecule has 3 fully saturated rings. The highest BCUT2D eigenvalue weighted by Crippen LogP contribution is 2.42. The van der Waals surface area contributed by atoms with E-state index < -0.39 is 0 Å². The molecule has 0 unspecified atom stereocenters. The van der Waals surface area contributed by atoms with Crippen LogP contribution in [0.15, 0.2) is 5.38 Å². The monoisotopic (exact) mass is 305 g/mol. The van der Waals surface area contributed by atoms with Gasteiger partial charge in [-0.05, 0) is 38.6 Å². The Kier molecular flexibility index (Phi) is 3.30. The van der Waals surface area contributed by atoms with Crippen molar-refractivity contribution in [1.82, 2.24) is 14.8 Å². The minimum Gasteiger partial charge on any atom is -0.336 e. The van der Waals surface area contributed by atoms with Crippen LogP contribution in [0.2, 0.25) is 0 Å². The molecule has 1 amide bonds. The number of aromatic nitrogens is 1. The highest BCUT2D eigenvalue weighted by molar-refractivity contribution is 7.09. The second kappa shape index (κ2) is 5.06. The van der Waals surface area contributed by atoms with Crippen LogP contribution >= 0.6 is 11.3 Å². The molecule has 4 rings (SSSR count). The van der Waals surface area contributed by atoms with Crippen LogP contribution in [0.4, 0.5) is 0 Å². The third kappa shape index (κ3) is 2.86. The summed E-state index contributed by atoms with van der Waals surface area (Å²) in [6.07, 6.45) is 4.77. The minimum absolute atomic E-state index is 0.233. The first-order chi connectivity index (χ1) is 10.1. The minimum atomic E-state index is 0.233. The number of carbonyl (C=O) groups is 1. The molecular formula is C16H23N3OS. The van der Waals surface area contributed by atoms with E-state index >= 15 is 0 Å². The van der Waals surface area contributed by atoms with Crippen LogP contribution < -0.4 is 0 Å². The summed E-state index contributed by atoms with van der Waals surface area (Å²) in [5, 5.41) is 3.17. The Morgan fingerprint density at radius 1 is 1.43 bits per heavy atom. The summed E-state index contributed by atoms with van der Waals surface area (Å²) in [5.74, 6) is 1.28. The fourth-order valence-electron chi connectivity index (χ4n) is 3.92. The molecule has 4 nitrogen and oxygen atoms in total. The Hall–Kier alpha value is -0.940. The fourth-order valence-corrected chi connectivity index (χ4v) is 4.53. The largest absolute Gasteiger partial charge is 0.336 e. The van der Waals surface area contributed by atoms with Crippen LogP contribution in [0.25, 0.3) is 0 Å². The molecule has 1 aliphatic carbocycles. The van der Waals surface area contributed by atoms with E-state index in [4.69, 9.17) is 0 Å². The number of carbonyl (C=O) groups excluding carboxylic acids is 1. The predicted octanol–water partition coefficient (Wildman–Crippen LogP) is 2.29. The molecule has 2 aliphatic heterocycles. The molecule has 0 radical (unpaired) electrons. The molecule has 1 saturated carbocycles. The van der Waals surface area contributed by atoms with E-state index in [1.807, 2.05) is 11.8 Å². The van der Waals surface area contributed by atoms with E-state index in [0.717, 1.165) is 36.1 Å². The van der Waals surface area contributed by atoms with Crippen LogP contribution in [-0.2, 0) is 11.3 Å². The van der Waals surface area contributed by atoms with Crippen molar-refractivity contribution < 1.29 is 4.79 Å². The first-order valence-electron chi connectivity index (χ1n) is 8.03. The van der Waals surface area contributed by atoms with E-state index in [9.17, 15) is 4.79 Å². The van der Waals surface area contributed by atoms with Gasteiger partial charge in [0.05, 0.1) is 17.2 Å². The summed E-state index contributed by atoms with van der Waals surface area (Å²) in [6, 6.07) is 0. The summed E-state index contributed by atoms with van der Waals surface area (Å²) in [5.41, 5.74) is 1.28. The quantitative estimate of drug-likeness (QED) is 0.856. The van der Waals surface area contributed by atoms with Gasteiger partial charge >= 0.3 is 0 Å². The summed E-state index contributed by atoms with van der Waals surface area (Å²) >= 11 is 1.67. The Morgan fingerprint density at radius 3 is 3.00 bits per heavy atom.